The average molecular weight is 290 g/mol. The van der Waals surface area contributed by atoms with Crippen molar-refractivity contribution in [2.24, 2.45) is 0 Å². The van der Waals surface area contributed by atoms with E-state index in [1.54, 1.807) is 6.92 Å². The fourth-order valence-electron chi connectivity index (χ4n) is 1.91. The van der Waals surface area contributed by atoms with Gasteiger partial charge in [-0.3, -0.25) is 0 Å². The quantitative estimate of drug-likeness (QED) is 0.835. The second-order valence-corrected chi connectivity index (χ2v) is 5.66. The van der Waals surface area contributed by atoms with Crippen LogP contribution in [-0.2, 0) is 6.42 Å². The molecule has 106 valence electrons. The van der Waals surface area contributed by atoms with Gasteiger partial charge in [0, 0.05) is 5.69 Å². The highest BCUT2D eigenvalue weighted by Gasteiger charge is 2.13. The topological polar surface area (TPSA) is 62.2 Å². The van der Waals surface area contributed by atoms with Crippen LogP contribution in [0.2, 0.25) is 0 Å². The van der Waals surface area contributed by atoms with Gasteiger partial charge in [0.1, 0.15) is 4.88 Å². The molecule has 1 heterocycles. The summed E-state index contributed by atoms with van der Waals surface area (Å²) in [6.45, 7) is 3.89. The van der Waals surface area contributed by atoms with E-state index < -0.39 is 5.97 Å². The standard InChI is InChI=1S/C15H18N2O2S/c1-3-4-5-11-6-8-12(9-7-11)17-15-16-10(2)13(20-15)14(18)19/h6-9H,3-5H2,1-2H3,(H,16,17)(H,18,19). The molecule has 20 heavy (non-hydrogen) atoms. The average Bonchev–Trinajstić information content (AvgIpc) is 2.79. The number of aryl methyl sites for hydroxylation is 2. The number of carboxylic acid groups (broad SMARTS) is 1. The molecule has 4 nitrogen and oxygen atoms in total. The van der Waals surface area contributed by atoms with Gasteiger partial charge in [0.25, 0.3) is 0 Å². The maximum atomic E-state index is 11.0. The number of hydrogen-bond acceptors (Lipinski definition) is 4. The van der Waals surface area contributed by atoms with Crippen LogP contribution >= 0.6 is 11.3 Å². The van der Waals surface area contributed by atoms with Crippen molar-refractivity contribution < 1.29 is 9.90 Å². The lowest BCUT2D eigenvalue weighted by Crippen LogP contribution is -1.94. The molecule has 2 N–H and O–H groups in total. The van der Waals surface area contributed by atoms with Crippen molar-refractivity contribution in [3.05, 3.63) is 40.4 Å². The van der Waals surface area contributed by atoms with Gasteiger partial charge in [-0.2, -0.15) is 0 Å². The first-order valence-electron chi connectivity index (χ1n) is 6.67. The van der Waals surface area contributed by atoms with E-state index in [0.29, 0.717) is 10.8 Å². The number of benzene rings is 1. The number of nitrogens with zero attached hydrogens (tertiary/aromatic N) is 1. The number of hydrogen-bond donors (Lipinski definition) is 2. The van der Waals surface area contributed by atoms with Crippen LogP contribution in [0.25, 0.3) is 0 Å². The van der Waals surface area contributed by atoms with Crippen LogP contribution in [-0.4, -0.2) is 16.1 Å². The van der Waals surface area contributed by atoms with Gasteiger partial charge >= 0.3 is 5.97 Å². The second-order valence-electron chi connectivity index (χ2n) is 4.66. The Labute approximate surface area is 122 Å². The molecule has 0 aliphatic heterocycles. The molecule has 0 bridgehead atoms. The molecule has 0 saturated heterocycles. The molecule has 2 aromatic rings. The van der Waals surface area contributed by atoms with Gasteiger partial charge in [-0.25, -0.2) is 9.78 Å². The molecule has 0 atom stereocenters. The molecule has 0 amide bonds. The number of carboxylic acids is 1. The first kappa shape index (κ1) is 14.5. The molecule has 0 fully saturated rings. The second kappa shape index (κ2) is 6.52. The molecule has 0 unspecified atom stereocenters. The molecule has 1 aromatic carbocycles. The number of thiazole rings is 1. The van der Waals surface area contributed by atoms with E-state index in [-0.39, 0.29) is 4.88 Å². The Kier molecular flexibility index (Phi) is 4.74. The van der Waals surface area contributed by atoms with Crippen molar-refractivity contribution in [2.75, 3.05) is 5.32 Å². The first-order chi connectivity index (χ1) is 9.60. The summed E-state index contributed by atoms with van der Waals surface area (Å²) in [6, 6.07) is 8.19. The van der Waals surface area contributed by atoms with Crippen LogP contribution in [0, 0.1) is 6.92 Å². The number of rotatable bonds is 6. The number of aromatic carboxylic acids is 1. The van der Waals surface area contributed by atoms with E-state index in [4.69, 9.17) is 5.11 Å². The Bertz CT molecular complexity index is 590. The van der Waals surface area contributed by atoms with Gasteiger partial charge in [-0.15, -0.1) is 0 Å². The summed E-state index contributed by atoms with van der Waals surface area (Å²) in [5.74, 6) is -0.928. The third kappa shape index (κ3) is 3.57. The zero-order valence-electron chi connectivity index (χ0n) is 11.6. The summed E-state index contributed by atoms with van der Waals surface area (Å²) in [6.07, 6.45) is 3.48. The number of carbonyl (C=O) groups is 1. The van der Waals surface area contributed by atoms with E-state index in [1.165, 1.54) is 18.4 Å². The Morgan fingerprint density at radius 2 is 2.05 bits per heavy atom. The summed E-state index contributed by atoms with van der Waals surface area (Å²) in [4.78, 5) is 15.5. The van der Waals surface area contributed by atoms with E-state index in [1.807, 2.05) is 12.1 Å². The number of aromatic nitrogens is 1. The highest BCUT2D eigenvalue weighted by molar-refractivity contribution is 7.17. The molecule has 0 radical (unpaired) electrons. The van der Waals surface area contributed by atoms with Crippen LogP contribution in [0.4, 0.5) is 10.8 Å². The minimum Gasteiger partial charge on any atom is -0.477 e. The Hall–Kier alpha value is -1.88. The minimum absolute atomic E-state index is 0.284. The number of unbranched alkanes of at least 4 members (excludes halogenated alkanes) is 1. The monoisotopic (exact) mass is 290 g/mol. The zero-order chi connectivity index (χ0) is 14.5. The summed E-state index contributed by atoms with van der Waals surface area (Å²) in [7, 11) is 0. The van der Waals surface area contributed by atoms with Crippen molar-refractivity contribution in [1.82, 2.24) is 4.98 Å². The van der Waals surface area contributed by atoms with Crippen LogP contribution < -0.4 is 5.32 Å². The lowest BCUT2D eigenvalue weighted by molar-refractivity contribution is 0.0701. The molecule has 2 rings (SSSR count). The van der Waals surface area contributed by atoms with Crippen molar-refractivity contribution in [1.29, 1.82) is 0 Å². The Balaban J connectivity index is 2.06. The van der Waals surface area contributed by atoms with Crippen molar-refractivity contribution >= 4 is 28.1 Å². The predicted octanol–water partition coefficient (Wildman–Crippen LogP) is 4.24. The summed E-state index contributed by atoms with van der Waals surface area (Å²) < 4.78 is 0. The van der Waals surface area contributed by atoms with Crippen molar-refractivity contribution in [2.45, 2.75) is 33.1 Å². The molecule has 5 heteroatoms. The summed E-state index contributed by atoms with van der Waals surface area (Å²) >= 11 is 1.16. The zero-order valence-corrected chi connectivity index (χ0v) is 12.5. The fourth-order valence-corrected chi connectivity index (χ4v) is 2.73. The van der Waals surface area contributed by atoms with Gasteiger partial charge in [-0.1, -0.05) is 36.8 Å². The van der Waals surface area contributed by atoms with Crippen LogP contribution in [0.1, 0.15) is 40.7 Å². The van der Waals surface area contributed by atoms with Crippen LogP contribution in [0.15, 0.2) is 24.3 Å². The van der Waals surface area contributed by atoms with Gasteiger partial charge in [0.15, 0.2) is 5.13 Å². The van der Waals surface area contributed by atoms with E-state index in [9.17, 15) is 4.79 Å². The smallest absolute Gasteiger partial charge is 0.347 e. The number of nitrogens with one attached hydrogen (secondary N) is 1. The van der Waals surface area contributed by atoms with Gasteiger partial charge in [0.2, 0.25) is 0 Å². The van der Waals surface area contributed by atoms with Gasteiger partial charge in [-0.05, 0) is 37.5 Å². The van der Waals surface area contributed by atoms with Crippen LogP contribution in [0.5, 0.6) is 0 Å². The molecule has 0 spiro atoms. The lowest BCUT2D eigenvalue weighted by Gasteiger charge is -2.04. The Morgan fingerprint density at radius 1 is 1.35 bits per heavy atom. The molecule has 0 aliphatic rings. The first-order valence-corrected chi connectivity index (χ1v) is 7.48. The summed E-state index contributed by atoms with van der Waals surface area (Å²) in [5, 5.41) is 12.8. The normalized spacial score (nSPS) is 10.5. The van der Waals surface area contributed by atoms with Gasteiger partial charge < -0.3 is 10.4 Å². The van der Waals surface area contributed by atoms with Crippen molar-refractivity contribution in [3.8, 4) is 0 Å². The molecule has 0 saturated carbocycles. The van der Waals surface area contributed by atoms with Crippen molar-refractivity contribution in [3.63, 3.8) is 0 Å². The van der Waals surface area contributed by atoms with E-state index >= 15 is 0 Å². The molecule has 1 aromatic heterocycles. The largest absolute Gasteiger partial charge is 0.477 e. The van der Waals surface area contributed by atoms with Gasteiger partial charge in [0.05, 0.1) is 5.69 Å². The number of anilines is 2. The predicted molar refractivity (Wildman–Crippen MR) is 82.1 cm³/mol. The maximum Gasteiger partial charge on any atom is 0.347 e. The van der Waals surface area contributed by atoms with E-state index in [2.05, 4.69) is 29.4 Å². The maximum absolute atomic E-state index is 11.0. The highest BCUT2D eigenvalue weighted by Crippen LogP contribution is 2.25. The fraction of sp³-hybridized carbons (Fsp3) is 0.333. The molecular formula is C15H18N2O2S. The van der Waals surface area contributed by atoms with Crippen LogP contribution in [0.3, 0.4) is 0 Å². The lowest BCUT2D eigenvalue weighted by atomic mass is 10.1. The Morgan fingerprint density at radius 3 is 2.60 bits per heavy atom. The molecule has 0 aliphatic carbocycles. The highest BCUT2D eigenvalue weighted by atomic mass is 32.1. The molecular weight excluding hydrogens is 272 g/mol. The summed E-state index contributed by atoms with van der Waals surface area (Å²) in [5.41, 5.74) is 2.79. The van der Waals surface area contributed by atoms with E-state index in [0.717, 1.165) is 23.4 Å². The third-order valence-electron chi connectivity index (χ3n) is 3.02. The minimum atomic E-state index is -0.928. The third-order valence-corrected chi connectivity index (χ3v) is 4.08. The SMILES string of the molecule is CCCCc1ccc(Nc2nc(C)c(C(=O)O)s2)cc1.